The van der Waals surface area contributed by atoms with Crippen molar-refractivity contribution in [2.75, 3.05) is 0 Å². The van der Waals surface area contributed by atoms with E-state index < -0.39 is 5.97 Å². The van der Waals surface area contributed by atoms with E-state index in [-0.39, 0.29) is 0 Å². The van der Waals surface area contributed by atoms with Crippen LogP contribution < -0.4 is 0 Å². The minimum atomic E-state index is -0.894. The third-order valence-electron chi connectivity index (χ3n) is 3.04. The van der Waals surface area contributed by atoms with Crippen molar-refractivity contribution in [3.63, 3.8) is 0 Å². The van der Waals surface area contributed by atoms with E-state index in [1.165, 1.54) is 0 Å². The summed E-state index contributed by atoms with van der Waals surface area (Å²) in [4.78, 5) is 15.4. The van der Waals surface area contributed by atoms with Crippen molar-refractivity contribution in [1.29, 1.82) is 0 Å². The zero-order valence-corrected chi connectivity index (χ0v) is 8.97. The molecule has 2 heterocycles. The van der Waals surface area contributed by atoms with Gasteiger partial charge in [-0.05, 0) is 31.9 Å². The summed E-state index contributed by atoms with van der Waals surface area (Å²) in [5, 5.41) is 8.96. The highest BCUT2D eigenvalue weighted by Crippen LogP contribution is 2.39. The minimum absolute atomic E-state index is 0.312. The first-order valence-electron chi connectivity index (χ1n) is 5.38. The number of carboxylic acid groups (broad SMARTS) is 1. The number of imidazole rings is 1. The second-order valence-electron chi connectivity index (χ2n) is 4.31. The SMILES string of the molecule is Cc1nc(C2CC2)n2cc(C(=O)O)ccc12. The van der Waals surface area contributed by atoms with Crippen molar-refractivity contribution in [3.8, 4) is 0 Å². The monoisotopic (exact) mass is 216 g/mol. The number of nitrogens with zero attached hydrogens (tertiary/aromatic N) is 2. The molecule has 0 unspecified atom stereocenters. The first kappa shape index (κ1) is 9.39. The molecule has 0 atom stereocenters. The maximum Gasteiger partial charge on any atom is 0.337 e. The van der Waals surface area contributed by atoms with Gasteiger partial charge in [-0.15, -0.1) is 0 Å². The average molecular weight is 216 g/mol. The summed E-state index contributed by atoms with van der Waals surface area (Å²) in [6, 6.07) is 3.46. The van der Waals surface area contributed by atoms with Gasteiger partial charge in [0.2, 0.25) is 0 Å². The summed E-state index contributed by atoms with van der Waals surface area (Å²) in [5.41, 5.74) is 2.29. The molecule has 2 aromatic rings. The number of carboxylic acids is 1. The van der Waals surface area contributed by atoms with E-state index in [4.69, 9.17) is 5.11 Å². The van der Waals surface area contributed by atoms with Gasteiger partial charge in [0, 0.05) is 12.1 Å². The zero-order valence-electron chi connectivity index (χ0n) is 8.97. The Labute approximate surface area is 92.5 Å². The van der Waals surface area contributed by atoms with E-state index in [0.29, 0.717) is 11.5 Å². The van der Waals surface area contributed by atoms with Crippen LogP contribution in [0.15, 0.2) is 18.3 Å². The topological polar surface area (TPSA) is 54.6 Å². The molecular formula is C12H12N2O2. The lowest BCUT2D eigenvalue weighted by atomic mass is 10.2. The number of hydrogen-bond donors (Lipinski definition) is 1. The van der Waals surface area contributed by atoms with Crippen LogP contribution in [0, 0.1) is 6.92 Å². The van der Waals surface area contributed by atoms with Gasteiger partial charge in [0.15, 0.2) is 0 Å². The third-order valence-corrected chi connectivity index (χ3v) is 3.04. The maximum absolute atomic E-state index is 10.9. The van der Waals surface area contributed by atoms with Gasteiger partial charge in [0.25, 0.3) is 0 Å². The minimum Gasteiger partial charge on any atom is -0.478 e. The van der Waals surface area contributed by atoms with E-state index in [0.717, 1.165) is 29.9 Å². The van der Waals surface area contributed by atoms with Crippen molar-refractivity contribution in [2.24, 2.45) is 0 Å². The number of carbonyl (C=O) groups is 1. The van der Waals surface area contributed by atoms with Gasteiger partial charge in [0.1, 0.15) is 5.82 Å². The van der Waals surface area contributed by atoms with Crippen LogP contribution in [0.5, 0.6) is 0 Å². The number of pyridine rings is 1. The fraction of sp³-hybridized carbons (Fsp3) is 0.333. The molecule has 3 rings (SSSR count). The first-order valence-corrected chi connectivity index (χ1v) is 5.38. The molecule has 4 nitrogen and oxygen atoms in total. The van der Waals surface area contributed by atoms with Crippen LogP contribution in [0.25, 0.3) is 5.52 Å². The predicted molar refractivity (Wildman–Crippen MR) is 58.9 cm³/mol. The number of aromatic nitrogens is 2. The van der Waals surface area contributed by atoms with Crippen molar-refractivity contribution in [3.05, 3.63) is 35.4 Å². The molecular weight excluding hydrogens is 204 g/mol. The summed E-state index contributed by atoms with van der Waals surface area (Å²) in [6.07, 6.45) is 4.00. The molecule has 0 radical (unpaired) electrons. The van der Waals surface area contributed by atoms with Gasteiger partial charge >= 0.3 is 5.97 Å². The molecule has 0 saturated heterocycles. The number of fused-ring (bicyclic) bond motifs is 1. The highest BCUT2D eigenvalue weighted by Gasteiger charge is 2.28. The highest BCUT2D eigenvalue weighted by atomic mass is 16.4. The van der Waals surface area contributed by atoms with Crippen molar-refractivity contribution in [1.82, 2.24) is 9.38 Å². The van der Waals surface area contributed by atoms with Crippen LogP contribution >= 0.6 is 0 Å². The molecule has 4 heteroatoms. The number of rotatable bonds is 2. The second kappa shape index (κ2) is 3.07. The Balaban J connectivity index is 2.26. The zero-order chi connectivity index (χ0) is 11.3. The third kappa shape index (κ3) is 1.30. The van der Waals surface area contributed by atoms with Crippen molar-refractivity contribution >= 4 is 11.5 Å². The summed E-state index contributed by atoms with van der Waals surface area (Å²) in [5.74, 6) is 0.635. The Hall–Kier alpha value is -1.84. The van der Waals surface area contributed by atoms with E-state index in [1.54, 1.807) is 12.3 Å². The van der Waals surface area contributed by atoms with E-state index in [1.807, 2.05) is 17.4 Å². The highest BCUT2D eigenvalue weighted by molar-refractivity contribution is 5.87. The predicted octanol–water partition coefficient (Wildman–Crippen LogP) is 2.22. The van der Waals surface area contributed by atoms with Crippen LogP contribution in [-0.2, 0) is 0 Å². The lowest BCUT2D eigenvalue weighted by Crippen LogP contribution is -2.00. The molecule has 1 fully saturated rings. The fourth-order valence-corrected chi connectivity index (χ4v) is 2.02. The smallest absolute Gasteiger partial charge is 0.337 e. The van der Waals surface area contributed by atoms with Gasteiger partial charge < -0.3 is 9.51 Å². The molecule has 0 aromatic carbocycles. The normalized spacial score (nSPS) is 15.6. The first-order chi connectivity index (χ1) is 7.66. The maximum atomic E-state index is 10.9. The molecule has 0 amide bonds. The Morgan fingerprint density at radius 1 is 1.50 bits per heavy atom. The molecule has 1 aliphatic carbocycles. The summed E-state index contributed by atoms with van der Waals surface area (Å²) in [7, 11) is 0. The summed E-state index contributed by atoms with van der Waals surface area (Å²) >= 11 is 0. The van der Waals surface area contributed by atoms with Gasteiger partial charge in [-0.2, -0.15) is 0 Å². The molecule has 0 aliphatic heterocycles. The lowest BCUT2D eigenvalue weighted by Gasteiger charge is -2.00. The van der Waals surface area contributed by atoms with Crippen LogP contribution in [-0.4, -0.2) is 20.5 Å². The summed E-state index contributed by atoms with van der Waals surface area (Å²) < 4.78 is 1.93. The lowest BCUT2D eigenvalue weighted by molar-refractivity contribution is 0.0696. The molecule has 0 spiro atoms. The Morgan fingerprint density at radius 2 is 2.25 bits per heavy atom. The Morgan fingerprint density at radius 3 is 2.88 bits per heavy atom. The molecule has 2 aromatic heterocycles. The molecule has 82 valence electrons. The van der Waals surface area contributed by atoms with Gasteiger partial charge in [-0.25, -0.2) is 9.78 Å². The Bertz CT molecular complexity index is 582. The van der Waals surface area contributed by atoms with Crippen LogP contribution in [0.2, 0.25) is 0 Å². The molecule has 1 saturated carbocycles. The fourth-order valence-electron chi connectivity index (χ4n) is 2.02. The van der Waals surface area contributed by atoms with Crippen LogP contribution in [0.4, 0.5) is 0 Å². The molecule has 16 heavy (non-hydrogen) atoms. The quantitative estimate of drug-likeness (QED) is 0.837. The van der Waals surface area contributed by atoms with Gasteiger partial charge in [0.05, 0.1) is 16.8 Å². The average Bonchev–Trinajstić information content (AvgIpc) is 3.04. The number of aryl methyl sites for hydroxylation is 1. The van der Waals surface area contributed by atoms with Crippen LogP contribution in [0.3, 0.4) is 0 Å². The second-order valence-corrected chi connectivity index (χ2v) is 4.31. The van der Waals surface area contributed by atoms with Crippen LogP contribution in [0.1, 0.15) is 40.6 Å². The van der Waals surface area contributed by atoms with E-state index >= 15 is 0 Å². The standard InChI is InChI=1S/C12H12N2O2/c1-7-10-5-4-9(12(15)16)6-14(10)11(13-7)8-2-3-8/h4-6,8H,2-3H2,1H3,(H,15,16). The molecule has 0 bridgehead atoms. The summed E-state index contributed by atoms with van der Waals surface area (Å²) in [6.45, 7) is 1.96. The van der Waals surface area contributed by atoms with Crippen molar-refractivity contribution in [2.45, 2.75) is 25.7 Å². The largest absolute Gasteiger partial charge is 0.478 e. The molecule has 1 aliphatic rings. The number of hydrogen-bond acceptors (Lipinski definition) is 2. The van der Waals surface area contributed by atoms with Crippen molar-refractivity contribution < 1.29 is 9.90 Å². The molecule has 1 N–H and O–H groups in total. The number of aromatic carboxylic acids is 1. The van der Waals surface area contributed by atoms with E-state index in [2.05, 4.69) is 4.98 Å². The van der Waals surface area contributed by atoms with Gasteiger partial charge in [-0.3, -0.25) is 0 Å². The Kier molecular flexibility index (Phi) is 1.80. The van der Waals surface area contributed by atoms with E-state index in [9.17, 15) is 4.79 Å². The van der Waals surface area contributed by atoms with Gasteiger partial charge in [-0.1, -0.05) is 0 Å².